The Kier molecular flexibility index (Phi) is 4.67. The van der Waals surface area contributed by atoms with Crippen molar-refractivity contribution in [1.29, 1.82) is 0 Å². The first-order valence-electron chi connectivity index (χ1n) is 5.94. The van der Waals surface area contributed by atoms with Gasteiger partial charge in [0, 0.05) is 29.9 Å². The Morgan fingerprint density at radius 1 is 1.25 bits per heavy atom. The Morgan fingerprint density at radius 2 is 2.00 bits per heavy atom. The molecule has 0 aliphatic heterocycles. The number of hydrogen-bond acceptors (Lipinski definition) is 5. The molecule has 2 amide bonds. The van der Waals surface area contributed by atoms with Crippen LogP contribution in [0.3, 0.4) is 0 Å². The molecule has 2 aromatic rings. The summed E-state index contributed by atoms with van der Waals surface area (Å²) in [5.74, 6) is -0.334. The number of carbonyl (C=O) groups excluding carboxylic acids is 2. The van der Waals surface area contributed by atoms with Crippen molar-refractivity contribution in [2.75, 3.05) is 22.5 Å². The van der Waals surface area contributed by atoms with Gasteiger partial charge in [0.1, 0.15) is 0 Å². The van der Waals surface area contributed by atoms with E-state index in [1.54, 1.807) is 30.5 Å². The lowest BCUT2D eigenvalue weighted by molar-refractivity contribution is -0.115. The van der Waals surface area contributed by atoms with Crippen LogP contribution in [-0.4, -0.2) is 23.3 Å². The van der Waals surface area contributed by atoms with Gasteiger partial charge in [-0.3, -0.25) is 9.59 Å². The molecule has 1 heterocycles. The van der Waals surface area contributed by atoms with E-state index in [9.17, 15) is 9.59 Å². The highest BCUT2D eigenvalue weighted by atomic mass is 32.1. The molecule has 1 aromatic heterocycles. The zero-order chi connectivity index (χ0) is 14.4. The zero-order valence-electron chi connectivity index (χ0n) is 10.8. The van der Waals surface area contributed by atoms with Gasteiger partial charge in [0.25, 0.3) is 0 Å². The molecule has 104 valence electrons. The van der Waals surface area contributed by atoms with Gasteiger partial charge in [0.2, 0.25) is 11.8 Å². The van der Waals surface area contributed by atoms with Gasteiger partial charge in [0.05, 0.1) is 6.54 Å². The SMILES string of the molecule is CC(=O)Nc1cccc(NC(=O)CNc2nccs2)c1. The molecule has 0 aliphatic rings. The molecule has 0 fully saturated rings. The van der Waals surface area contributed by atoms with Crippen LogP contribution in [0.5, 0.6) is 0 Å². The molecular formula is C13H14N4O2S. The van der Waals surface area contributed by atoms with E-state index in [-0.39, 0.29) is 18.4 Å². The van der Waals surface area contributed by atoms with Gasteiger partial charge in [-0.25, -0.2) is 4.98 Å². The predicted octanol–water partition coefficient (Wildman–Crippen LogP) is 2.15. The minimum Gasteiger partial charge on any atom is -0.352 e. The highest BCUT2D eigenvalue weighted by Crippen LogP contribution is 2.15. The molecule has 0 aliphatic carbocycles. The number of thiazole rings is 1. The molecule has 20 heavy (non-hydrogen) atoms. The minimum atomic E-state index is -0.180. The molecule has 0 unspecified atom stereocenters. The maximum absolute atomic E-state index is 11.8. The van der Waals surface area contributed by atoms with Gasteiger partial charge in [-0.1, -0.05) is 6.07 Å². The van der Waals surface area contributed by atoms with Crippen LogP contribution in [0, 0.1) is 0 Å². The Morgan fingerprint density at radius 3 is 2.65 bits per heavy atom. The topological polar surface area (TPSA) is 83.1 Å². The summed E-state index contributed by atoms with van der Waals surface area (Å²) in [6, 6.07) is 6.97. The van der Waals surface area contributed by atoms with E-state index in [4.69, 9.17) is 0 Å². The lowest BCUT2D eigenvalue weighted by Gasteiger charge is -2.08. The lowest BCUT2D eigenvalue weighted by Crippen LogP contribution is -2.21. The second-order valence-electron chi connectivity index (χ2n) is 4.00. The number of benzene rings is 1. The van der Waals surface area contributed by atoms with E-state index < -0.39 is 0 Å². The standard InChI is InChI=1S/C13H14N4O2S/c1-9(18)16-10-3-2-4-11(7-10)17-12(19)8-15-13-14-5-6-20-13/h2-7H,8H2,1H3,(H,14,15)(H,16,18)(H,17,19). The van der Waals surface area contributed by atoms with Crippen LogP contribution in [0.15, 0.2) is 35.8 Å². The highest BCUT2D eigenvalue weighted by molar-refractivity contribution is 7.13. The fourth-order valence-corrected chi connectivity index (χ4v) is 2.08. The Hall–Kier alpha value is -2.41. The number of hydrogen-bond donors (Lipinski definition) is 3. The molecule has 1 aromatic carbocycles. The van der Waals surface area contributed by atoms with Crippen LogP contribution in [0.25, 0.3) is 0 Å². The van der Waals surface area contributed by atoms with E-state index in [1.165, 1.54) is 18.3 Å². The van der Waals surface area contributed by atoms with Crippen LogP contribution in [0.2, 0.25) is 0 Å². The van der Waals surface area contributed by atoms with Crippen LogP contribution in [-0.2, 0) is 9.59 Å². The van der Waals surface area contributed by atoms with Crippen LogP contribution < -0.4 is 16.0 Å². The molecule has 3 N–H and O–H groups in total. The monoisotopic (exact) mass is 290 g/mol. The van der Waals surface area contributed by atoms with Gasteiger partial charge < -0.3 is 16.0 Å². The van der Waals surface area contributed by atoms with E-state index in [1.807, 2.05) is 5.38 Å². The lowest BCUT2D eigenvalue weighted by atomic mass is 10.2. The van der Waals surface area contributed by atoms with E-state index in [0.29, 0.717) is 16.5 Å². The second kappa shape index (κ2) is 6.67. The summed E-state index contributed by atoms with van der Waals surface area (Å²) in [5, 5.41) is 10.8. The smallest absolute Gasteiger partial charge is 0.243 e. The van der Waals surface area contributed by atoms with Crippen LogP contribution in [0.4, 0.5) is 16.5 Å². The Balaban J connectivity index is 1.88. The maximum atomic E-state index is 11.8. The molecule has 0 saturated carbocycles. The fraction of sp³-hybridized carbons (Fsp3) is 0.154. The van der Waals surface area contributed by atoms with Crippen molar-refractivity contribution < 1.29 is 9.59 Å². The Labute approximate surface area is 120 Å². The molecule has 0 bridgehead atoms. The Bertz CT molecular complexity index is 598. The number of nitrogens with one attached hydrogen (secondary N) is 3. The van der Waals surface area contributed by atoms with Crippen molar-refractivity contribution in [3.8, 4) is 0 Å². The number of anilines is 3. The molecule has 2 rings (SSSR count). The quantitative estimate of drug-likeness (QED) is 0.788. The maximum Gasteiger partial charge on any atom is 0.243 e. The first kappa shape index (κ1) is 14.0. The number of nitrogens with zero attached hydrogens (tertiary/aromatic N) is 1. The number of carbonyl (C=O) groups is 2. The number of amides is 2. The van der Waals surface area contributed by atoms with Gasteiger partial charge in [-0.15, -0.1) is 11.3 Å². The van der Waals surface area contributed by atoms with Crippen molar-refractivity contribution >= 4 is 39.7 Å². The summed E-state index contributed by atoms with van der Waals surface area (Å²) < 4.78 is 0. The summed E-state index contributed by atoms with van der Waals surface area (Å²) in [4.78, 5) is 26.7. The third-order valence-electron chi connectivity index (χ3n) is 2.30. The first-order chi connectivity index (χ1) is 9.63. The van der Waals surface area contributed by atoms with Crippen LogP contribution in [0.1, 0.15) is 6.92 Å². The number of aromatic nitrogens is 1. The van der Waals surface area contributed by atoms with Gasteiger partial charge in [0.15, 0.2) is 5.13 Å². The highest BCUT2D eigenvalue weighted by Gasteiger charge is 2.04. The number of rotatable bonds is 5. The van der Waals surface area contributed by atoms with Gasteiger partial charge >= 0.3 is 0 Å². The van der Waals surface area contributed by atoms with E-state index in [2.05, 4.69) is 20.9 Å². The summed E-state index contributed by atoms with van der Waals surface area (Å²) in [6.45, 7) is 1.57. The van der Waals surface area contributed by atoms with Crippen molar-refractivity contribution in [2.45, 2.75) is 6.92 Å². The fourth-order valence-electron chi connectivity index (χ4n) is 1.55. The van der Waals surface area contributed by atoms with Crippen molar-refractivity contribution in [1.82, 2.24) is 4.98 Å². The van der Waals surface area contributed by atoms with Gasteiger partial charge in [-0.2, -0.15) is 0 Å². The summed E-state index contributed by atoms with van der Waals surface area (Å²) in [6.07, 6.45) is 1.67. The first-order valence-corrected chi connectivity index (χ1v) is 6.82. The molecule has 0 radical (unpaired) electrons. The average molecular weight is 290 g/mol. The molecule has 0 atom stereocenters. The molecule has 7 heteroatoms. The van der Waals surface area contributed by atoms with Gasteiger partial charge in [-0.05, 0) is 18.2 Å². The minimum absolute atomic E-state index is 0.137. The predicted molar refractivity (Wildman–Crippen MR) is 80.0 cm³/mol. The third kappa shape index (κ3) is 4.36. The van der Waals surface area contributed by atoms with Crippen molar-refractivity contribution in [3.63, 3.8) is 0 Å². The summed E-state index contributed by atoms with van der Waals surface area (Å²) in [7, 11) is 0. The summed E-state index contributed by atoms with van der Waals surface area (Å²) in [5.41, 5.74) is 1.27. The van der Waals surface area contributed by atoms with Crippen molar-refractivity contribution in [3.05, 3.63) is 35.8 Å². The normalized spacial score (nSPS) is 9.85. The largest absolute Gasteiger partial charge is 0.352 e. The van der Waals surface area contributed by atoms with Crippen molar-refractivity contribution in [2.24, 2.45) is 0 Å². The van der Waals surface area contributed by atoms with Crippen LogP contribution >= 0.6 is 11.3 Å². The van der Waals surface area contributed by atoms with E-state index in [0.717, 1.165) is 0 Å². The third-order valence-corrected chi connectivity index (χ3v) is 3.03. The molecule has 6 nitrogen and oxygen atoms in total. The second-order valence-corrected chi connectivity index (χ2v) is 4.90. The molecular weight excluding hydrogens is 276 g/mol. The van der Waals surface area contributed by atoms with E-state index >= 15 is 0 Å². The summed E-state index contributed by atoms with van der Waals surface area (Å²) >= 11 is 1.43. The zero-order valence-corrected chi connectivity index (χ0v) is 11.7. The molecule has 0 saturated heterocycles. The molecule has 0 spiro atoms. The average Bonchev–Trinajstić information content (AvgIpc) is 2.89.